The molecule has 6 heteroatoms. The van der Waals surface area contributed by atoms with Gasteiger partial charge in [-0.1, -0.05) is 12.1 Å². The van der Waals surface area contributed by atoms with Crippen LogP contribution in [0.4, 0.5) is 11.4 Å². The van der Waals surface area contributed by atoms with E-state index in [4.69, 9.17) is 10.5 Å². The summed E-state index contributed by atoms with van der Waals surface area (Å²) in [5.74, 6) is 0.624. The summed E-state index contributed by atoms with van der Waals surface area (Å²) in [4.78, 5) is 12.7. The third kappa shape index (κ3) is 3.46. The predicted molar refractivity (Wildman–Crippen MR) is 77.4 cm³/mol. The van der Waals surface area contributed by atoms with Crippen molar-refractivity contribution in [1.29, 1.82) is 0 Å². The van der Waals surface area contributed by atoms with Gasteiger partial charge in [0, 0.05) is 26.3 Å². The van der Waals surface area contributed by atoms with Crippen molar-refractivity contribution in [3.63, 3.8) is 0 Å². The number of nitrogens with zero attached hydrogens (tertiary/aromatic N) is 2. The second-order valence-electron chi connectivity index (χ2n) is 5.28. The number of likely N-dealkylation sites (tertiary alicyclic amines) is 1. The molecule has 1 saturated heterocycles. The first-order valence-electron chi connectivity index (χ1n) is 6.85. The number of piperidine rings is 1. The van der Waals surface area contributed by atoms with Gasteiger partial charge in [0.15, 0.2) is 0 Å². The van der Waals surface area contributed by atoms with Gasteiger partial charge < -0.3 is 10.5 Å². The quantitative estimate of drug-likeness (QED) is 0.506. The van der Waals surface area contributed by atoms with Crippen molar-refractivity contribution < 1.29 is 9.66 Å². The summed E-state index contributed by atoms with van der Waals surface area (Å²) in [6.07, 6.45) is 2.20. The number of anilines is 1. The van der Waals surface area contributed by atoms with E-state index in [1.165, 1.54) is 6.07 Å². The molecule has 0 saturated carbocycles. The highest BCUT2D eigenvalue weighted by molar-refractivity contribution is 5.62. The minimum atomic E-state index is -0.427. The van der Waals surface area contributed by atoms with Crippen LogP contribution < -0.4 is 5.73 Å². The highest BCUT2D eigenvalue weighted by Gasteiger charge is 2.21. The van der Waals surface area contributed by atoms with Crippen molar-refractivity contribution in [1.82, 2.24) is 4.90 Å². The zero-order valence-electron chi connectivity index (χ0n) is 11.7. The smallest absolute Gasteiger partial charge is 0.292 e. The first-order chi connectivity index (χ1) is 9.61. The number of hydrogen-bond acceptors (Lipinski definition) is 5. The normalized spacial score (nSPS) is 17.2. The molecule has 0 unspecified atom stereocenters. The van der Waals surface area contributed by atoms with Gasteiger partial charge in [0.05, 0.1) is 4.92 Å². The molecule has 6 nitrogen and oxygen atoms in total. The Morgan fingerprint density at radius 3 is 2.75 bits per heavy atom. The molecular weight excluding hydrogens is 258 g/mol. The van der Waals surface area contributed by atoms with Gasteiger partial charge in [-0.15, -0.1) is 0 Å². The van der Waals surface area contributed by atoms with Gasteiger partial charge in [-0.3, -0.25) is 15.0 Å². The summed E-state index contributed by atoms with van der Waals surface area (Å²) in [6, 6.07) is 5.01. The van der Waals surface area contributed by atoms with Crippen molar-refractivity contribution in [3.8, 4) is 0 Å². The fourth-order valence-electron chi connectivity index (χ4n) is 2.68. The maximum absolute atomic E-state index is 10.9. The molecule has 1 aromatic rings. The molecule has 0 spiro atoms. The van der Waals surface area contributed by atoms with Gasteiger partial charge in [0.1, 0.15) is 5.69 Å². The van der Waals surface area contributed by atoms with Crippen LogP contribution in [0.1, 0.15) is 18.4 Å². The maximum atomic E-state index is 10.9. The van der Waals surface area contributed by atoms with Crippen molar-refractivity contribution in [2.75, 3.05) is 32.5 Å². The lowest BCUT2D eigenvalue weighted by Crippen LogP contribution is -2.34. The van der Waals surface area contributed by atoms with Crippen LogP contribution in [-0.4, -0.2) is 36.6 Å². The van der Waals surface area contributed by atoms with E-state index >= 15 is 0 Å². The molecule has 1 fully saturated rings. The Kier molecular flexibility index (Phi) is 4.92. The molecule has 2 rings (SSSR count). The summed E-state index contributed by atoms with van der Waals surface area (Å²) in [6.45, 7) is 3.45. The standard InChI is InChI=1S/C14H21N3O3/c1-20-10-11-5-7-16(8-6-11)9-12-3-2-4-13(14(12)15)17(18)19/h2-4,11H,5-10,15H2,1H3. The van der Waals surface area contributed by atoms with Gasteiger partial charge in [-0.2, -0.15) is 0 Å². The van der Waals surface area contributed by atoms with Crippen LogP contribution in [-0.2, 0) is 11.3 Å². The number of methoxy groups -OCH3 is 1. The number of rotatable bonds is 5. The van der Waals surface area contributed by atoms with Crippen LogP contribution in [0.2, 0.25) is 0 Å². The Morgan fingerprint density at radius 2 is 2.15 bits per heavy atom. The zero-order valence-corrected chi connectivity index (χ0v) is 11.7. The SMILES string of the molecule is COCC1CCN(Cc2cccc([N+](=O)[O-])c2N)CC1. The number of benzene rings is 1. The third-order valence-electron chi connectivity index (χ3n) is 3.87. The lowest BCUT2D eigenvalue weighted by atomic mass is 9.97. The van der Waals surface area contributed by atoms with E-state index in [-0.39, 0.29) is 11.4 Å². The van der Waals surface area contributed by atoms with Gasteiger partial charge in [0.25, 0.3) is 5.69 Å². The molecule has 0 bridgehead atoms. The molecule has 0 amide bonds. The van der Waals surface area contributed by atoms with Crippen molar-refractivity contribution in [3.05, 3.63) is 33.9 Å². The summed E-state index contributed by atoms with van der Waals surface area (Å²) in [7, 11) is 1.73. The van der Waals surface area contributed by atoms with Gasteiger partial charge in [-0.25, -0.2) is 0 Å². The van der Waals surface area contributed by atoms with Crippen LogP contribution in [0.3, 0.4) is 0 Å². The summed E-state index contributed by atoms with van der Waals surface area (Å²) in [5.41, 5.74) is 7.01. The van der Waals surface area contributed by atoms with Gasteiger partial charge in [-0.05, 0) is 37.4 Å². The highest BCUT2D eigenvalue weighted by atomic mass is 16.6. The van der Waals surface area contributed by atoms with E-state index in [0.29, 0.717) is 12.5 Å². The number of nitro benzene ring substituents is 1. The predicted octanol–water partition coefficient (Wildman–Crippen LogP) is 2.04. The second-order valence-corrected chi connectivity index (χ2v) is 5.28. The van der Waals surface area contributed by atoms with E-state index in [0.717, 1.165) is 38.1 Å². The van der Waals surface area contributed by atoms with Crippen LogP contribution >= 0.6 is 0 Å². The van der Waals surface area contributed by atoms with Crippen LogP contribution in [0.15, 0.2) is 18.2 Å². The fraction of sp³-hybridized carbons (Fsp3) is 0.571. The molecule has 1 heterocycles. The van der Waals surface area contributed by atoms with Crippen molar-refractivity contribution in [2.24, 2.45) is 5.92 Å². The Bertz CT molecular complexity index is 471. The van der Waals surface area contributed by atoms with Gasteiger partial charge in [0.2, 0.25) is 0 Å². The topological polar surface area (TPSA) is 81.6 Å². The molecule has 110 valence electrons. The van der Waals surface area contributed by atoms with Crippen LogP contribution in [0.25, 0.3) is 0 Å². The maximum Gasteiger partial charge on any atom is 0.292 e. The monoisotopic (exact) mass is 279 g/mol. The third-order valence-corrected chi connectivity index (χ3v) is 3.87. The first kappa shape index (κ1) is 14.7. The highest BCUT2D eigenvalue weighted by Crippen LogP contribution is 2.27. The minimum Gasteiger partial charge on any atom is -0.393 e. The van der Waals surface area contributed by atoms with Gasteiger partial charge >= 0.3 is 0 Å². The molecule has 1 aromatic carbocycles. The fourth-order valence-corrected chi connectivity index (χ4v) is 2.68. The molecular formula is C14H21N3O3. The molecule has 0 aromatic heterocycles. The van der Waals surface area contributed by atoms with Crippen molar-refractivity contribution >= 4 is 11.4 Å². The summed E-state index contributed by atoms with van der Waals surface area (Å²) < 4.78 is 5.18. The second kappa shape index (κ2) is 6.67. The van der Waals surface area contributed by atoms with E-state index in [1.807, 2.05) is 6.07 Å². The number of nitro groups is 1. The zero-order chi connectivity index (χ0) is 14.5. The molecule has 20 heavy (non-hydrogen) atoms. The average molecular weight is 279 g/mol. The molecule has 1 aliphatic heterocycles. The Morgan fingerprint density at radius 1 is 1.45 bits per heavy atom. The number of ether oxygens (including phenoxy) is 1. The van der Waals surface area contributed by atoms with Crippen LogP contribution in [0, 0.1) is 16.0 Å². The number of nitrogen functional groups attached to an aromatic ring is 1. The molecule has 0 radical (unpaired) electrons. The molecule has 1 aliphatic rings. The van der Waals surface area contributed by atoms with E-state index < -0.39 is 4.92 Å². The van der Waals surface area contributed by atoms with E-state index in [2.05, 4.69) is 4.90 Å². The first-order valence-corrected chi connectivity index (χ1v) is 6.85. The van der Waals surface area contributed by atoms with Crippen molar-refractivity contribution in [2.45, 2.75) is 19.4 Å². The number of para-hydroxylation sites is 1. The summed E-state index contributed by atoms with van der Waals surface area (Å²) in [5, 5.41) is 10.9. The lowest BCUT2D eigenvalue weighted by Gasteiger charge is -2.31. The van der Waals surface area contributed by atoms with E-state index in [1.54, 1.807) is 13.2 Å². The Hall–Kier alpha value is -1.66. The molecule has 0 atom stereocenters. The number of nitrogens with two attached hydrogens (primary N) is 1. The summed E-state index contributed by atoms with van der Waals surface area (Å²) >= 11 is 0. The Labute approximate surface area is 118 Å². The minimum absolute atomic E-state index is 0.00299. The van der Waals surface area contributed by atoms with E-state index in [9.17, 15) is 10.1 Å². The van der Waals surface area contributed by atoms with Crippen LogP contribution in [0.5, 0.6) is 0 Å². The molecule has 2 N–H and O–H groups in total. The molecule has 0 aliphatic carbocycles. The Balaban J connectivity index is 1.98. The largest absolute Gasteiger partial charge is 0.393 e. The number of hydrogen-bond donors (Lipinski definition) is 1. The lowest BCUT2D eigenvalue weighted by molar-refractivity contribution is -0.384. The average Bonchev–Trinajstić information content (AvgIpc) is 2.43.